The Morgan fingerprint density at radius 1 is 1.00 bits per heavy atom. The van der Waals surface area contributed by atoms with Crippen LogP contribution in [0.1, 0.15) is 4.88 Å². The van der Waals surface area contributed by atoms with Crippen molar-refractivity contribution >= 4 is 54.5 Å². The number of aromatic nitrogens is 1. The molecule has 0 unspecified atom stereocenters. The molecule has 0 saturated carbocycles. The topological polar surface area (TPSA) is 88.6 Å². The van der Waals surface area contributed by atoms with Gasteiger partial charge in [-0.1, -0.05) is 24.3 Å². The Labute approximate surface area is 199 Å². The van der Waals surface area contributed by atoms with Crippen molar-refractivity contribution in [2.24, 2.45) is 0 Å². The van der Waals surface area contributed by atoms with Crippen LogP contribution in [-0.4, -0.2) is 49.9 Å². The number of rotatable bonds is 6. The lowest BCUT2D eigenvalue weighted by atomic mass is 10.2. The summed E-state index contributed by atoms with van der Waals surface area (Å²) in [4.78, 5) is 18.2. The fraction of sp³-hybridized carbons (Fsp3) is 0.217. The molecule has 1 aliphatic heterocycles. The average Bonchev–Trinajstić information content (AvgIpc) is 3.47. The first kappa shape index (κ1) is 22.2. The van der Waals surface area contributed by atoms with Crippen LogP contribution < -0.4 is 5.32 Å². The summed E-state index contributed by atoms with van der Waals surface area (Å²) < 4.78 is 33.7. The number of hydrogen-bond acceptors (Lipinski definition) is 7. The number of ether oxygens (including phenoxy) is 1. The first-order valence-electron chi connectivity index (χ1n) is 10.4. The number of anilines is 1. The second-order valence-electron chi connectivity index (χ2n) is 7.49. The van der Waals surface area contributed by atoms with Crippen LogP contribution in [0.25, 0.3) is 20.8 Å². The standard InChI is InChI=1S/C23H21N3O4S3/c27-21(15-16-9-10-22(31-16)33(28,29)26-11-13-30-14-12-26)24-18-6-2-1-5-17(18)23-25-19-7-3-4-8-20(19)32-23/h1-10H,11-15H2,(H,24,27). The van der Waals surface area contributed by atoms with E-state index in [1.807, 2.05) is 48.5 Å². The molecule has 4 aromatic rings. The first-order chi connectivity index (χ1) is 16.0. The van der Waals surface area contributed by atoms with Crippen LogP contribution in [0.3, 0.4) is 0 Å². The highest BCUT2D eigenvalue weighted by atomic mass is 32.2. The van der Waals surface area contributed by atoms with E-state index in [0.29, 0.717) is 36.9 Å². The zero-order valence-electron chi connectivity index (χ0n) is 17.6. The number of benzene rings is 2. The van der Waals surface area contributed by atoms with Gasteiger partial charge in [0.1, 0.15) is 9.22 Å². The highest BCUT2D eigenvalue weighted by Gasteiger charge is 2.28. The predicted octanol–water partition coefficient (Wildman–Crippen LogP) is 4.23. The average molecular weight is 500 g/mol. The highest BCUT2D eigenvalue weighted by Crippen LogP contribution is 2.34. The lowest BCUT2D eigenvalue weighted by Crippen LogP contribution is -2.40. The number of amides is 1. The van der Waals surface area contributed by atoms with E-state index in [1.165, 1.54) is 4.31 Å². The third-order valence-electron chi connectivity index (χ3n) is 5.26. The zero-order chi connectivity index (χ0) is 22.8. The van der Waals surface area contributed by atoms with Gasteiger partial charge in [-0.3, -0.25) is 4.79 Å². The van der Waals surface area contributed by atoms with E-state index < -0.39 is 10.0 Å². The van der Waals surface area contributed by atoms with Crippen molar-refractivity contribution in [1.29, 1.82) is 0 Å². The molecule has 3 heterocycles. The quantitative estimate of drug-likeness (QED) is 0.429. The Bertz CT molecular complexity index is 1370. The first-order valence-corrected chi connectivity index (χ1v) is 13.5. The monoisotopic (exact) mass is 499 g/mol. The lowest BCUT2D eigenvalue weighted by Gasteiger charge is -2.25. The minimum atomic E-state index is -3.56. The molecule has 1 fully saturated rings. The van der Waals surface area contributed by atoms with Crippen LogP contribution in [0.4, 0.5) is 5.69 Å². The summed E-state index contributed by atoms with van der Waals surface area (Å²) in [7, 11) is -3.56. The van der Waals surface area contributed by atoms with E-state index >= 15 is 0 Å². The van der Waals surface area contributed by atoms with Crippen LogP contribution in [0, 0.1) is 0 Å². The summed E-state index contributed by atoms with van der Waals surface area (Å²) >= 11 is 2.71. The van der Waals surface area contributed by atoms with E-state index in [9.17, 15) is 13.2 Å². The van der Waals surface area contributed by atoms with Crippen molar-refractivity contribution in [1.82, 2.24) is 9.29 Å². The van der Waals surface area contributed by atoms with Gasteiger partial charge >= 0.3 is 0 Å². The third-order valence-corrected chi connectivity index (χ3v) is 9.78. The Morgan fingerprint density at radius 2 is 1.76 bits per heavy atom. The molecule has 7 nitrogen and oxygen atoms in total. The van der Waals surface area contributed by atoms with E-state index in [2.05, 4.69) is 5.32 Å². The number of sulfonamides is 1. The summed E-state index contributed by atoms with van der Waals surface area (Å²) in [6, 6.07) is 18.8. The van der Waals surface area contributed by atoms with Crippen molar-refractivity contribution in [2.75, 3.05) is 31.6 Å². The summed E-state index contributed by atoms with van der Waals surface area (Å²) in [5, 5.41) is 3.81. The van der Waals surface area contributed by atoms with Crippen molar-refractivity contribution in [3.8, 4) is 10.6 Å². The molecular weight excluding hydrogens is 478 g/mol. The van der Waals surface area contributed by atoms with Crippen LogP contribution in [0.2, 0.25) is 0 Å². The van der Waals surface area contributed by atoms with Gasteiger partial charge < -0.3 is 10.1 Å². The molecule has 2 aromatic carbocycles. The number of carbonyl (C=O) groups is 1. The van der Waals surface area contributed by atoms with Gasteiger partial charge in [-0.15, -0.1) is 22.7 Å². The van der Waals surface area contributed by atoms with Crippen LogP contribution in [0.15, 0.2) is 64.9 Å². The number of thiazole rings is 1. The van der Waals surface area contributed by atoms with Gasteiger partial charge in [-0.05, 0) is 36.4 Å². The van der Waals surface area contributed by atoms with Gasteiger partial charge in [0.05, 0.1) is 35.5 Å². The second kappa shape index (κ2) is 9.32. The van der Waals surface area contributed by atoms with Crippen molar-refractivity contribution < 1.29 is 17.9 Å². The van der Waals surface area contributed by atoms with E-state index in [-0.39, 0.29) is 16.5 Å². The molecule has 0 aliphatic carbocycles. The van der Waals surface area contributed by atoms with Gasteiger partial charge in [0.15, 0.2) is 0 Å². The molecule has 0 spiro atoms. The lowest BCUT2D eigenvalue weighted by molar-refractivity contribution is -0.115. The number of hydrogen-bond donors (Lipinski definition) is 1. The summed E-state index contributed by atoms with van der Waals surface area (Å²) in [6.07, 6.45) is 0.0947. The highest BCUT2D eigenvalue weighted by molar-refractivity contribution is 7.91. The number of morpholine rings is 1. The van der Waals surface area contributed by atoms with Gasteiger partial charge in [0.2, 0.25) is 5.91 Å². The fourth-order valence-corrected chi connectivity index (χ4v) is 7.55. The molecule has 5 rings (SSSR count). The van der Waals surface area contributed by atoms with E-state index in [0.717, 1.165) is 32.1 Å². The SMILES string of the molecule is O=C(Cc1ccc(S(=O)(=O)N2CCOCC2)s1)Nc1ccccc1-c1nc2ccccc2s1. The molecule has 33 heavy (non-hydrogen) atoms. The molecule has 0 bridgehead atoms. The Morgan fingerprint density at radius 3 is 2.58 bits per heavy atom. The van der Waals surface area contributed by atoms with Crippen LogP contribution >= 0.6 is 22.7 Å². The van der Waals surface area contributed by atoms with Crippen molar-refractivity contribution in [2.45, 2.75) is 10.6 Å². The van der Waals surface area contributed by atoms with Gasteiger partial charge in [-0.2, -0.15) is 4.31 Å². The van der Waals surface area contributed by atoms with E-state index in [4.69, 9.17) is 9.72 Å². The number of fused-ring (bicyclic) bond motifs is 1. The van der Waals surface area contributed by atoms with Crippen LogP contribution in [-0.2, 0) is 26.0 Å². The molecule has 2 aromatic heterocycles. The third kappa shape index (κ3) is 4.71. The number of nitrogens with one attached hydrogen (secondary N) is 1. The molecule has 0 radical (unpaired) electrons. The maximum absolute atomic E-state index is 12.8. The summed E-state index contributed by atoms with van der Waals surface area (Å²) in [6.45, 7) is 1.49. The minimum absolute atomic E-state index is 0.0947. The Kier molecular flexibility index (Phi) is 6.26. The fourth-order valence-electron chi connectivity index (χ4n) is 3.62. The minimum Gasteiger partial charge on any atom is -0.379 e. The van der Waals surface area contributed by atoms with Crippen LogP contribution in [0.5, 0.6) is 0 Å². The molecule has 1 aliphatic rings. The van der Waals surface area contributed by atoms with Gasteiger partial charge in [0.25, 0.3) is 10.0 Å². The van der Waals surface area contributed by atoms with E-state index in [1.54, 1.807) is 23.5 Å². The smallest absolute Gasteiger partial charge is 0.252 e. The molecule has 10 heteroatoms. The molecule has 170 valence electrons. The summed E-state index contributed by atoms with van der Waals surface area (Å²) in [5.41, 5.74) is 2.46. The number of carbonyl (C=O) groups excluding carboxylic acids is 1. The second-order valence-corrected chi connectivity index (χ2v) is 11.9. The zero-order valence-corrected chi connectivity index (χ0v) is 20.0. The normalized spacial score (nSPS) is 15.0. The van der Waals surface area contributed by atoms with Gasteiger partial charge in [-0.25, -0.2) is 13.4 Å². The molecule has 1 amide bonds. The largest absolute Gasteiger partial charge is 0.379 e. The van der Waals surface area contributed by atoms with Crippen molar-refractivity contribution in [3.05, 3.63) is 65.5 Å². The van der Waals surface area contributed by atoms with Gasteiger partial charge in [0, 0.05) is 23.5 Å². The number of thiophene rings is 1. The van der Waals surface area contributed by atoms with Crippen molar-refractivity contribution in [3.63, 3.8) is 0 Å². The summed E-state index contributed by atoms with van der Waals surface area (Å²) in [5.74, 6) is -0.208. The maximum atomic E-state index is 12.8. The molecule has 1 saturated heterocycles. The predicted molar refractivity (Wildman–Crippen MR) is 131 cm³/mol. The maximum Gasteiger partial charge on any atom is 0.252 e. The number of nitrogens with zero attached hydrogens (tertiary/aromatic N) is 2. The Hall–Kier alpha value is -2.63. The molecular formula is C23H21N3O4S3. The number of para-hydroxylation sites is 2. The Balaban J connectivity index is 1.31. The molecule has 1 N–H and O–H groups in total. The molecule has 0 atom stereocenters.